The van der Waals surface area contributed by atoms with Gasteiger partial charge in [-0.15, -0.1) is 0 Å². The smallest absolute Gasteiger partial charge is 0.262 e. The Bertz CT molecular complexity index is 1190. The Labute approximate surface area is 179 Å². The van der Waals surface area contributed by atoms with E-state index >= 15 is 0 Å². The van der Waals surface area contributed by atoms with Gasteiger partial charge >= 0.3 is 0 Å². The Morgan fingerprint density at radius 1 is 1.16 bits per heavy atom. The van der Waals surface area contributed by atoms with Gasteiger partial charge in [0.1, 0.15) is 17.3 Å². The standard InChI is InChI=1S/C21H22FN3O5S/c1-12(20-13(2)24-30-14(20)3)21(26)23-16-7-10-19(29-4)18(11-16)25-31(27,28)17-8-5-15(22)6-9-17/h5-12,25H,1-4H3,(H,23,26). The zero-order valence-electron chi connectivity index (χ0n) is 17.4. The van der Waals surface area contributed by atoms with E-state index in [0.29, 0.717) is 22.7 Å². The Balaban J connectivity index is 1.85. The molecule has 3 aromatic rings. The summed E-state index contributed by atoms with van der Waals surface area (Å²) in [4.78, 5) is 12.6. The average molecular weight is 447 g/mol. The van der Waals surface area contributed by atoms with Crippen molar-refractivity contribution in [3.05, 3.63) is 65.3 Å². The molecule has 0 aliphatic carbocycles. The summed E-state index contributed by atoms with van der Waals surface area (Å²) >= 11 is 0. The van der Waals surface area contributed by atoms with Crippen LogP contribution in [0.25, 0.3) is 0 Å². The summed E-state index contributed by atoms with van der Waals surface area (Å²) in [6.45, 7) is 5.21. The lowest BCUT2D eigenvalue weighted by atomic mass is 9.98. The van der Waals surface area contributed by atoms with Crippen LogP contribution in [0.5, 0.6) is 5.75 Å². The summed E-state index contributed by atoms with van der Waals surface area (Å²) in [6, 6.07) is 8.97. The molecular weight excluding hydrogens is 425 g/mol. The van der Waals surface area contributed by atoms with Crippen molar-refractivity contribution in [3.8, 4) is 5.75 Å². The van der Waals surface area contributed by atoms with E-state index in [9.17, 15) is 17.6 Å². The molecule has 0 bridgehead atoms. The predicted molar refractivity (Wildman–Crippen MR) is 113 cm³/mol. The lowest BCUT2D eigenvalue weighted by Gasteiger charge is -2.16. The summed E-state index contributed by atoms with van der Waals surface area (Å²) in [7, 11) is -2.61. The minimum atomic E-state index is -4.00. The van der Waals surface area contributed by atoms with Gasteiger partial charge in [0.25, 0.3) is 10.0 Å². The van der Waals surface area contributed by atoms with Gasteiger partial charge in [0.05, 0.1) is 29.3 Å². The van der Waals surface area contributed by atoms with E-state index in [1.165, 1.54) is 19.2 Å². The number of hydrogen-bond acceptors (Lipinski definition) is 6. The highest BCUT2D eigenvalue weighted by molar-refractivity contribution is 7.92. The number of rotatable bonds is 7. The highest BCUT2D eigenvalue weighted by Gasteiger charge is 2.24. The molecule has 1 amide bonds. The molecule has 0 radical (unpaired) electrons. The minimum absolute atomic E-state index is 0.113. The first-order valence-corrected chi connectivity index (χ1v) is 10.8. The van der Waals surface area contributed by atoms with Crippen molar-refractivity contribution < 1.29 is 26.9 Å². The number of nitrogens with one attached hydrogen (secondary N) is 2. The number of halogens is 1. The van der Waals surface area contributed by atoms with Crippen molar-refractivity contribution in [1.82, 2.24) is 5.16 Å². The van der Waals surface area contributed by atoms with Crippen LogP contribution in [-0.4, -0.2) is 26.6 Å². The van der Waals surface area contributed by atoms with Crippen molar-refractivity contribution in [2.45, 2.75) is 31.6 Å². The molecule has 0 saturated carbocycles. The van der Waals surface area contributed by atoms with Crippen LogP contribution in [0.2, 0.25) is 0 Å². The lowest BCUT2D eigenvalue weighted by Crippen LogP contribution is -2.20. The second-order valence-electron chi connectivity index (χ2n) is 6.92. The summed E-state index contributed by atoms with van der Waals surface area (Å²) in [5.41, 5.74) is 1.81. The van der Waals surface area contributed by atoms with Gasteiger partial charge in [-0.2, -0.15) is 0 Å². The van der Waals surface area contributed by atoms with Gasteiger partial charge in [-0.25, -0.2) is 12.8 Å². The van der Waals surface area contributed by atoms with E-state index in [1.54, 1.807) is 26.8 Å². The molecule has 1 heterocycles. The number of methoxy groups -OCH3 is 1. The van der Waals surface area contributed by atoms with E-state index in [-0.39, 0.29) is 22.2 Å². The molecule has 2 N–H and O–H groups in total. The van der Waals surface area contributed by atoms with E-state index in [1.807, 2.05) is 0 Å². The summed E-state index contributed by atoms with van der Waals surface area (Å²) in [5, 5.41) is 6.63. The van der Waals surface area contributed by atoms with Crippen LogP contribution in [0.3, 0.4) is 0 Å². The maximum absolute atomic E-state index is 13.1. The second kappa shape index (κ2) is 8.76. The first-order valence-electron chi connectivity index (χ1n) is 9.32. The molecule has 0 spiro atoms. The number of carbonyl (C=O) groups excluding carboxylic acids is 1. The molecule has 1 atom stereocenters. The molecule has 1 aromatic heterocycles. The van der Waals surface area contributed by atoms with Crippen LogP contribution in [0.15, 0.2) is 51.9 Å². The summed E-state index contributed by atoms with van der Waals surface area (Å²) in [6.07, 6.45) is 0. The number of benzene rings is 2. The molecule has 0 aliphatic rings. The highest BCUT2D eigenvalue weighted by atomic mass is 32.2. The van der Waals surface area contributed by atoms with Gasteiger partial charge in [0.2, 0.25) is 5.91 Å². The zero-order chi connectivity index (χ0) is 22.8. The number of anilines is 2. The highest BCUT2D eigenvalue weighted by Crippen LogP contribution is 2.31. The maximum Gasteiger partial charge on any atom is 0.262 e. The maximum atomic E-state index is 13.1. The molecule has 1 unspecified atom stereocenters. The third-order valence-corrected chi connectivity index (χ3v) is 6.13. The van der Waals surface area contributed by atoms with Crippen molar-refractivity contribution in [1.29, 1.82) is 0 Å². The zero-order valence-corrected chi connectivity index (χ0v) is 18.2. The van der Waals surface area contributed by atoms with E-state index in [0.717, 1.165) is 24.3 Å². The number of aromatic nitrogens is 1. The number of ether oxygens (including phenoxy) is 1. The molecule has 8 nitrogen and oxygen atoms in total. The quantitative estimate of drug-likeness (QED) is 0.567. The molecule has 0 fully saturated rings. The monoisotopic (exact) mass is 447 g/mol. The molecule has 2 aromatic carbocycles. The third-order valence-electron chi connectivity index (χ3n) is 4.75. The van der Waals surface area contributed by atoms with Crippen LogP contribution < -0.4 is 14.8 Å². The first kappa shape index (κ1) is 22.3. The van der Waals surface area contributed by atoms with Gasteiger partial charge < -0.3 is 14.6 Å². The molecular formula is C21H22FN3O5S. The average Bonchev–Trinajstić information content (AvgIpc) is 3.05. The Morgan fingerprint density at radius 3 is 2.42 bits per heavy atom. The van der Waals surface area contributed by atoms with Crippen LogP contribution in [0.1, 0.15) is 29.9 Å². The first-order chi connectivity index (χ1) is 14.6. The molecule has 10 heteroatoms. The predicted octanol–water partition coefficient (Wildman–Crippen LogP) is 3.98. The molecule has 31 heavy (non-hydrogen) atoms. The van der Waals surface area contributed by atoms with Crippen LogP contribution in [-0.2, 0) is 14.8 Å². The number of hydrogen-bond donors (Lipinski definition) is 2. The van der Waals surface area contributed by atoms with Crippen molar-refractivity contribution >= 4 is 27.3 Å². The van der Waals surface area contributed by atoms with E-state index in [4.69, 9.17) is 9.26 Å². The second-order valence-corrected chi connectivity index (χ2v) is 8.61. The number of aryl methyl sites for hydroxylation is 2. The van der Waals surface area contributed by atoms with Crippen molar-refractivity contribution in [2.24, 2.45) is 0 Å². The fourth-order valence-electron chi connectivity index (χ4n) is 3.17. The van der Waals surface area contributed by atoms with Gasteiger partial charge in [0.15, 0.2) is 0 Å². The van der Waals surface area contributed by atoms with E-state index in [2.05, 4.69) is 15.2 Å². The largest absolute Gasteiger partial charge is 0.495 e. The van der Waals surface area contributed by atoms with Crippen molar-refractivity contribution in [3.63, 3.8) is 0 Å². The molecule has 3 rings (SSSR count). The number of carbonyl (C=O) groups is 1. The number of amides is 1. The fraction of sp³-hybridized carbons (Fsp3) is 0.238. The third kappa shape index (κ3) is 4.85. The van der Waals surface area contributed by atoms with Crippen LogP contribution in [0.4, 0.5) is 15.8 Å². The topological polar surface area (TPSA) is 111 Å². The van der Waals surface area contributed by atoms with Crippen molar-refractivity contribution in [2.75, 3.05) is 17.1 Å². The van der Waals surface area contributed by atoms with Gasteiger partial charge in [0, 0.05) is 11.3 Å². The number of sulfonamides is 1. The minimum Gasteiger partial charge on any atom is -0.495 e. The van der Waals surface area contributed by atoms with Gasteiger partial charge in [-0.3, -0.25) is 9.52 Å². The molecule has 164 valence electrons. The van der Waals surface area contributed by atoms with Gasteiger partial charge in [-0.05, 0) is 63.2 Å². The Kier molecular flexibility index (Phi) is 6.30. The van der Waals surface area contributed by atoms with E-state index < -0.39 is 21.8 Å². The Hall–Kier alpha value is -3.40. The van der Waals surface area contributed by atoms with Crippen LogP contribution >= 0.6 is 0 Å². The fourth-order valence-corrected chi connectivity index (χ4v) is 4.23. The molecule has 0 saturated heterocycles. The lowest BCUT2D eigenvalue weighted by molar-refractivity contribution is -0.117. The van der Waals surface area contributed by atoms with Crippen LogP contribution in [0, 0.1) is 19.7 Å². The molecule has 0 aliphatic heterocycles. The van der Waals surface area contributed by atoms with Gasteiger partial charge in [-0.1, -0.05) is 5.16 Å². The summed E-state index contributed by atoms with van der Waals surface area (Å²) < 4.78 is 51.2. The SMILES string of the molecule is COc1ccc(NC(=O)C(C)c2c(C)noc2C)cc1NS(=O)(=O)c1ccc(F)cc1. The summed E-state index contributed by atoms with van der Waals surface area (Å²) in [5.74, 6) is -0.585. The number of nitrogens with zero attached hydrogens (tertiary/aromatic N) is 1. The normalized spacial score (nSPS) is 12.3. The Morgan fingerprint density at radius 2 is 1.84 bits per heavy atom.